The first kappa shape index (κ1) is 18.3. The Morgan fingerprint density at radius 2 is 1.96 bits per heavy atom. The number of carbonyl (C=O) groups excluding carboxylic acids is 1. The number of likely N-dealkylation sites (N-methyl/N-ethyl adjacent to an activating group) is 1. The van der Waals surface area contributed by atoms with Crippen LogP contribution < -0.4 is 4.74 Å². The molecule has 1 aliphatic carbocycles. The number of nitrogens with zero attached hydrogens (tertiary/aromatic N) is 1. The quantitative estimate of drug-likeness (QED) is 0.814. The van der Waals surface area contributed by atoms with E-state index in [0.717, 1.165) is 0 Å². The minimum Gasteiger partial charge on any atom is -0.491 e. The van der Waals surface area contributed by atoms with Crippen molar-refractivity contribution < 1.29 is 23.4 Å². The third kappa shape index (κ3) is 2.74. The molecule has 0 radical (unpaired) electrons. The molecule has 1 heterocycles. The van der Waals surface area contributed by atoms with Crippen LogP contribution in [0.4, 0.5) is 8.78 Å². The number of ether oxygens (including phenoxy) is 1. The van der Waals surface area contributed by atoms with E-state index in [9.17, 15) is 18.7 Å². The lowest BCUT2D eigenvalue weighted by Gasteiger charge is -2.31. The van der Waals surface area contributed by atoms with Crippen molar-refractivity contribution in [3.63, 3.8) is 0 Å². The highest BCUT2D eigenvalue weighted by Crippen LogP contribution is 2.57. The largest absolute Gasteiger partial charge is 0.491 e. The molecule has 0 bridgehead atoms. The summed E-state index contributed by atoms with van der Waals surface area (Å²) in [5.74, 6) is 0.465. The summed E-state index contributed by atoms with van der Waals surface area (Å²) in [4.78, 5) is 13.3. The van der Waals surface area contributed by atoms with Crippen molar-refractivity contribution in [3.05, 3.63) is 53.6 Å². The molecule has 4 nitrogen and oxygen atoms in total. The number of amides is 1. The topological polar surface area (TPSA) is 49.8 Å². The van der Waals surface area contributed by atoms with Crippen LogP contribution in [0.15, 0.2) is 42.5 Å². The van der Waals surface area contributed by atoms with Crippen molar-refractivity contribution >= 4 is 15.1 Å². The number of rotatable bonds is 4. The van der Waals surface area contributed by atoms with E-state index in [2.05, 4.69) is 0 Å². The first-order valence-electron chi connectivity index (χ1n) is 8.75. The molecular formula is C20H20F2NO3P. The molecule has 0 saturated carbocycles. The fraction of sp³-hybridized carbons (Fsp3) is 0.350. The first-order chi connectivity index (χ1) is 12.7. The third-order valence-electron chi connectivity index (χ3n) is 5.55. The number of carbonyl (C=O) groups is 1. The molecule has 3 atom stereocenters. The lowest BCUT2D eigenvalue weighted by molar-refractivity contribution is -0.127. The van der Waals surface area contributed by atoms with Gasteiger partial charge in [-0.2, -0.15) is 8.78 Å². The van der Waals surface area contributed by atoms with Crippen LogP contribution in [-0.4, -0.2) is 41.3 Å². The molecule has 4 rings (SSSR count). The van der Waals surface area contributed by atoms with Gasteiger partial charge in [0.05, 0.1) is 6.04 Å². The Morgan fingerprint density at radius 1 is 1.26 bits per heavy atom. The summed E-state index contributed by atoms with van der Waals surface area (Å²) in [5, 5.41) is 11.0. The van der Waals surface area contributed by atoms with Crippen LogP contribution in [0.1, 0.15) is 24.0 Å². The van der Waals surface area contributed by atoms with Crippen LogP contribution in [0.5, 0.6) is 5.75 Å². The number of alkyl halides is 2. The van der Waals surface area contributed by atoms with Crippen LogP contribution >= 0.6 is 9.24 Å². The number of halogens is 2. The molecule has 2 aliphatic rings. The van der Waals surface area contributed by atoms with Crippen molar-refractivity contribution in [2.24, 2.45) is 0 Å². The zero-order valence-corrected chi connectivity index (χ0v) is 15.9. The molecular weight excluding hydrogens is 371 g/mol. The van der Waals surface area contributed by atoms with Gasteiger partial charge in [0.25, 0.3) is 5.66 Å². The van der Waals surface area contributed by atoms with Gasteiger partial charge >= 0.3 is 0 Å². The molecule has 3 unspecified atom stereocenters. The van der Waals surface area contributed by atoms with Gasteiger partial charge in [0, 0.05) is 24.6 Å². The van der Waals surface area contributed by atoms with E-state index in [1.807, 2.05) is 0 Å². The van der Waals surface area contributed by atoms with Gasteiger partial charge in [-0.25, -0.2) is 0 Å². The lowest BCUT2D eigenvalue weighted by atomic mass is 9.91. The van der Waals surface area contributed by atoms with E-state index in [1.54, 1.807) is 42.3 Å². The predicted octanol–water partition coefficient (Wildman–Crippen LogP) is 3.37. The fourth-order valence-corrected chi connectivity index (χ4v) is 4.25. The van der Waals surface area contributed by atoms with E-state index >= 15 is 0 Å². The predicted molar refractivity (Wildman–Crippen MR) is 101 cm³/mol. The van der Waals surface area contributed by atoms with Gasteiger partial charge in [-0.3, -0.25) is 4.79 Å². The maximum atomic E-state index is 14.5. The summed E-state index contributed by atoms with van der Waals surface area (Å²) in [7, 11) is 3.19. The average molecular weight is 391 g/mol. The average Bonchev–Trinajstić information content (AvgIpc) is 3.09. The minimum atomic E-state index is -3.45. The number of aliphatic hydroxyl groups is 1. The molecule has 0 spiro atoms. The molecule has 1 aliphatic heterocycles. The SMILES string of the molecule is CN1C(=O)CCC1COc1ccc2c(c1)C(O)(C(F)(F)P)c1ccccc1-2. The smallest absolute Gasteiger partial charge is 0.295 e. The van der Waals surface area contributed by atoms with E-state index in [0.29, 0.717) is 29.7 Å². The number of benzene rings is 2. The van der Waals surface area contributed by atoms with E-state index in [1.165, 1.54) is 21.4 Å². The summed E-state index contributed by atoms with van der Waals surface area (Å²) < 4.78 is 34.7. The highest BCUT2D eigenvalue weighted by molar-refractivity contribution is 7.18. The van der Waals surface area contributed by atoms with Gasteiger partial charge in [-0.15, -0.1) is 0 Å². The van der Waals surface area contributed by atoms with Gasteiger partial charge < -0.3 is 14.7 Å². The van der Waals surface area contributed by atoms with Crippen LogP contribution in [0.3, 0.4) is 0 Å². The Kier molecular flexibility index (Phi) is 4.24. The minimum absolute atomic E-state index is 0.0370. The molecule has 1 N–H and O–H groups in total. The molecule has 7 heteroatoms. The number of likely N-dealkylation sites (tertiary alicyclic amines) is 1. The van der Waals surface area contributed by atoms with Gasteiger partial charge in [0.2, 0.25) is 5.91 Å². The maximum absolute atomic E-state index is 14.5. The molecule has 1 fully saturated rings. The first-order valence-corrected chi connectivity index (χ1v) is 9.33. The summed E-state index contributed by atoms with van der Waals surface area (Å²) in [6.07, 6.45) is 1.20. The molecule has 2 aromatic rings. The van der Waals surface area contributed by atoms with E-state index in [4.69, 9.17) is 4.74 Å². The summed E-state index contributed by atoms with van der Waals surface area (Å²) >= 11 is 0. The molecule has 142 valence electrons. The van der Waals surface area contributed by atoms with Crippen molar-refractivity contribution in [1.29, 1.82) is 0 Å². The third-order valence-corrected chi connectivity index (χ3v) is 5.96. The van der Waals surface area contributed by atoms with E-state index in [-0.39, 0.29) is 29.7 Å². The fourth-order valence-electron chi connectivity index (χ4n) is 3.94. The summed E-state index contributed by atoms with van der Waals surface area (Å²) in [6.45, 7) is 0.281. The van der Waals surface area contributed by atoms with Crippen molar-refractivity contribution in [2.75, 3.05) is 13.7 Å². The number of hydrogen-bond donors (Lipinski definition) is 1. The molecule has 27 heavy (non-hydrogen) atoms. The summed E-state index contributed by atoms with van der Waals surface area (Å²) in [5.41, 5.74) is -4.44. The Labute approximate surface area is 158 Å². The Balaban J connectivity index is 1.68. The number of hydrogen-bond acceptors (Lipinski definition) is 3. The second kappa shape index (κ2) is 6.25. The maximum Gasteiger partial charge on any atom is 0.295 e. The highest BCUT2D eigenvalue weighted by atomic mass is 31.0. The number of fused-ring (bicyclic) bond motifs is 3. The molecule has 0 aromatic heterocycles. The van der Waals surface area contributed by atoms with E-state index < -0.39 is 11.3 Å². The summed E-state index contributed by atoms with van der Waals surface area (Å²) in [6, 6.07) is 11.5. The van der Waals surface area contributed by atoms with Crippen molar-refractivity contribution in [2.45, 2.75) is 30.1 Å². The second-order valence-electron chi connectivity index (χ2n) is 7.09. The van der Waals surface area contributed by atoms with Crippen molar-refractivity contribution in [3.8, 4) is 16.9 Å². The Bertz CT molecular complexity index is 914. The molecule has 1 amide bonds. The highest BCUT2D eigenvalue weighted by Gasteiger charge is 2.56. The van der Waals surface area contributed by atoms with Gasteiger partial charge in [-0.1, -0.05) is 39.6 Å². The van der Waals surface area contributed by atoms with Crippen LogP contribution in [0.2, 0.25) is 0 Å². The Morgan fingerprint density at radius 3 is 2.63 bits per heavy atom. The molecule has 1 saturated heterocycles. The van der Waals surface area contributed by atoms with Gasteiger partial charge in [-0.05, 0) is 29.7 Å². The zero-order chi connectivity index (χ0) is 19.4. The second-order valence-corrected chi connectivity index (χ2v) is 7.82. The van der Waals surface area contributed by atoms with Gasteiger partial charge in [0.1, 0.15) is 12.4 Å². The normalized spacial score (nSPS) is 24.1. The van der Waals surface area contributed by atoms with Crippen LogP contribution in [0.25, 0.3) is 11.1 Å². The standard InChI is InChI=1S/C20H20F2NO3P/c1-23-12(6-9-18(23)24)11-26-13-7-8-15-14-4-2-3-5-16(14)19(25,17(15)10-13)20(21,22)27/h2-5,7-8,10,12,25H,6,9,11,27H2,1H3. The lowest BCUT2D eigenvalue weighted by Crippen LogP contribution is -2.40. The van der Waals surface area contributed by atoms with Crippen LogP contribution in [0, 0.1) is 0 Å². The zero-order valence-electron chi connectivity index (χ0n) is 14.8. The van der Waals surface area contributed by atoms with Crippen LogP contribution in [-0.2, 0) is 10.4 Å². The monoisotopic (exact) mass is 391 g/mol. The van der Waals surface area contributed by atoms with Gasteiger partial charge in [0.15, 0.2) is 5.60 Å². The Hall–Kier alpha value is -2.04. The molecule has 2 aromatic carbocycles. The van der Waals surface area contributed by atoms with Crippen molar-refractivity contribution in [1.82, 2.24) is 4.90 Å².